The molecule has 1 N–H and O–H groups in total. The van der Waals surface area contributed by atoms with E-state index in [4.69, 9.17) is 11.6 Å². The highest BCUT2D eigenvalue weighted by atomic mass is 35.5. The van der Waals surface area contributed by atoms with E-state index in [2.05, 4.69) is 5.32 Å². The van der Waals surface area contributed by atoms with Gasteiger partial charge in [0.25, 0.3) is 0 Å². The van der Waals surface area contributed by atoms with Gasteiger partial charge in [0.05, 0.1) is 5.02 Å². The molecule has 25 heavy (non-hydrogen) atoms. The van der Waals surface area contributed by atoms with Crippen molar-refractivity contribution < 1.29 is 8.42 Å². The summed E-state index contributed by atoms with van der Waals surface area (Å²) in [5, 5.41) is 3.73. The Bertz CT molecular complexity index is 651. The summed E-state index contributed by atoms with van der Waals surface area (Å²) in [6, 6.07) is 6.73. The fourth-order valence-electron chi connectivity index (χ4n) is 4.10. The smallest absolute Gasteiger partial charge is 0.244 e. The first-order valence-electron chi connectivity index (χ1n) is 9.53. The minimum atomic E-state index is -3.46. The maximum Gasteiger partial charge on any atom is 0.244 e. The van der Waals surface area contributed by atoms with Crippen LogP contribution in [0.15, 0.2) is 29.2 Å². The Morgan fingerprint density at radius 1 is 1.00 bits per heavy atom. The monoisotopic (exact) mass is 384 g/mol. The van der Waals surface area contributed by atoms with Crippen LogP contribution in [0.5, 0.6) is 0 Å². The summed E-state index contributed by atoms with van der Waals surface area (Å²) in [4.78, 5) is 0.237. The third-order valence-corrected chi connectivity index (χ3v) is 8.11. The van der Waals surface area contributed by atoms with Gasteiger partial charge in [-0.15, -0.1) is 0 Å². The molecule has 2 aliphatic heterocycles. The van der Waals surface area contributed by atoms with Crippen LogP contribution in [0.4, 0.5) is 0 Å². The SMILES string of the molecule is O=S(=O)(c1ccccc1Cl)N1CCC(CCCC2CCNCC2)CC1. The molecule has 2 fully saturated rings. The lowest BCUT2D eigenvalue weighted by Gasteiger charge is -2.32. The van der Waals surface area contributed by atoms with Crippen LogP contribution >= 0.6 is 11.6 Å². The predicted octanol–water partition coefficient (Wildman–Crippen LogP) is 3.91. The first-order chi connectivity index (χ1) is 12.1. The molecular weight excluding hydrogens is 356 g/mol. The molecule has 0 radical (unpaired) electrons. The summed E-state index contributed by atoms with van der Waals surface area (Å²) in [6.07, 6.45) is 8.42. The Balaban J connectivity index is 1.46. The second kappa shape index (κ2) is 8.85. The maximum absolute atomic E-state index is 12.8. The van der Waals surface area contributed by atoms with Crippen molar-refractivity contribution in [3.05, 3.63) is 29.3 Å². The van der Waals surface area contributed by atoms with E-state index < -0.39 is 10.0 Å². The minimum Gasteiger partial charge on any atom is -0.317 e. The lowest BCUT2D eigenvalue weighted by Crippen LogP contribution is -2.38. The zero-order chi connectivity index (χ0) is 17.7. The summed E-state index contributed by atoms with van der Waals surface area (Å²) in [5.74, 6) is 1.56. The quantitative estimate of drug-likeness (QED) is 0.808. The Hall–Kier alpha value is -0.620. The third kappa shape index (κ3) is 4.97. The van der Waals surface area contributed by atoms with Gasteiger partial charge in [-0.1, -0.05) is 43.0 Å². The molecule has 0 amide bonds. The predicted molar refractivity (Wildman–Crippen MR) is 102 cm³/mol. The highest BCUT2D eigenvalue weighted by molar-refractivity contribution is 7.89. The summed E-state index contributed by atoms with van der Waals surface area (Å²) in [6.45, 7) is 3.57. The van der Waals surface area contributed by atoms with Crippen molar-refractivity contribution in [3.63, 3.8) is 0 Å². The van der Waals surface area contributed by atoms with Gasteiger partial charge in [0.1, 0.15) is 4.90 Å². The van der Waals surface area contributed by atoms with Gasteiger partial charge >= 0.3 is 0 Å². The zero-order valence-electron chi connectivity index (χ0n) is 14.8. The average molecular weight is 385 g/mol. The molecular formula is C19H29ClN2O2S. The van der Waals surface area contributed by atoms with E-state index in [1.54, 1.807) is 28.6 Å². The normalized spacial score (nSPS) is 21.5. The number of nitrogens with zero attached hydrogens (tertiary/aromatic N) is 1. The number of benzene rings is 1. The summed E-state index contributed by atoms with van der Waals surface area (Å²) >= 11 is 6.09. The Labute approximate surface area is 157 Å². The van der Waals surface area contributed by atoms with E-state index in [-0.39, 0.29) is 4.90 Å². The van der Waals surface area contributed by atoms with Crippen molar-refractivity contribution in [2.75, 3.05) is 26.2 Å². The van der Waals surface area contributed by atoms with Crippen LogP contribution in [0, 0.1) is 11.8 Å². The first-order valence-corrected chi connectivity index (χ1v) is 11.3. The van der Waals surface area contributed by atoms with Crippen LogP contribution in [0.25, 0.3) is 0 Å². The van der Waals surface area contributed by atoms with Gasteiger partial charge < -0.3 is 5.32 Å². The van der Waals surface area contributed by atoms with Gasteiger partial charge in [0, 0.05) is 13.1 Å². The molecule has 1 aromatic rings. The summed E-state index contributed by atoms with van der Waals surface area (Å²) in [7, 11) is -3.46. The van der Waals surface area contributed by atoms with Gasteiger partial charge in [-0.25, -0.2) is 8.42 Å². The number of hydrogen-bond donors (Lipinski definition) is 1. The van der Waals surface area contributed by atoms with Crippen LogP contribution in [-0.4, -0.2) is 38.9 Å². The summed E-state index contributed by atoms with van der Waals surface area (Å²) < 4.78 is 27.2. The number of halogens is 1. The summed E-state index contributed by atoms with van der Waals surface area (Å²) in [5.41, 5.74) is 0. The van der Waals surface area contributed by atoms with Crippen molar-refractivity contribution in [1.82, 2.24) is 9.62 Å². The molecule has 2 saturated heterocycles. The van der Waals surface area contributed by atoms with Crippen LogP contribution in [-0.2, 0) is 10.0 Å². The van der Waals surface area contributed by atoms with Gasteiger partial charge in [-0.2, -0.15) is 4.31 Å². The molecule has 6 heteroatoms. The molecule has 0 aliphatic carbocycles. The highest BCUT2D eigenvalue weighted by Crippen LogP contribution is 2.30. The second-order valence-corrected chi connectivity index (χ2v) is 9.72. The van der Waals surface area contributed by atoms with Crippen LogP contribution in [0.1, 0.15) is 44.9 Å². The largest absolute Gasteiger partial charge is 0.317 e. The van der Waals surface area contributed by atoms with E-state index in [0.717, 1.165) is 18.8 Å². The van der Waals surface area contributed by atoms with E-state index in [0.29, 0.717) is 24.0 Å². The zero-order valence-corrected chi connectivity index (χ0v) is 16.4. The number of hydrogen-bond acceptors (Lipinski definition) is 3. The lowest BCUT2D eigenvalue weighted by molar-refractivity contribution is 0.250. The van der Waals surface area contributed by atoms with Crippen molar-refractivity contribution in [3.8, 4) is 0 Å². The van der Waals surface area contributed by atoms with Crippen molar-refractivity contribution >= 4 is 21.6 Å². The molecule has 0 atom stereocenters. The standard InChI is InChI=1S/C19H29ClN2O2S/c20-18-6-1-2-7-19(18)25(23,24)22-14-10-17(11-15-22)5-3-4-16-8-12-21-13-9-16/h1-2,6-7,16-17,21H,3-5,8-15H2. The molecule has 3 rings (SSSR count). The highest BCUT2D eigenvalue weighted by Gasteiger charge is 2.30. The molecule has 140 valence electrons. The topological polar surface area (TPSA) is 49.4 Å². The minimum absolute atomic E-state index is 0.237. The number of sulfonamides is 1. The third-order valence-electron chi connectivity index (χ3n) is 5.71. The molecule has 0 spiro atoms. The fraction of sp³-hybridized carbons (Fsp3) is 0.684. The molecule has 0 aromatic heterocycles. The second-order valence-electron chi connectivity index (χ2n) is 7.40. The Morgan fingerprint density at radius 3 is 2.24 bits per heavy atom. The number of piperidine rings is 2. The van der Waals surface area contributed by atoms with E-state index in [9.17, 15) is 8.42 Å². The van der Waals surface area contributed by atoms with Crippen LogP contribution in [0.2, 0.25) is 5.02 Å². The molecule has 0 unspecified atom stereocenters. The van der Waals surface area contributed by atoms with Crippen molar-refractivity contribution in [2.24, 2.45) is 11.8 Å². The van der Waals surface area contributed by atoms with Crippen LogP contribution in [0.3, 0.4) is 0 Å². The molecule has 0 bridgehead atoms. The van der Waals surface area contributed by atoms with Gasteiger partial charge in [0.2, 0.25) is 10.0 Å². The van der Waals surface area contributed by atoms with Gasteiger partial charge in [-0.05, 0) is 62.7 Å². The number of nitrogens with one attached hydrogen (secondary N) is 1. The molecule has 0 saturated carbocycles. The molecule has 2 aliphatic rings. The Morgan fingerprint density at radius 2 is 1.60 bits per heavy atom. The van der Waals surface area contributed by atoms with E-state index >= 15 is 0 Å². The van der Waals surface area contributed by atoms with Crippen molar-refractivity contribution in [2.45, 2.75) is 49.8 Å². The van der Waals surface area contributed by atoms with Gasteiger partial charge in [0.15, 0.2) is 0 Å². The Kier molecular flexibility index (Phi) is 6.78. The van der Waals surface area contributed by atoms with Gasteiger partial charge in [-0.3, -0.25) is 0 Å². The molecule has 4 nitrogen and oxygen atoms in total. The van der Waals surface area contributed by atoms with Crippen molar-refractivity contribution in [1.29, 1.82) is 0 Å². The molecule has 2 heterocycles. The average Bonchev–Trinajstić information content (AvgIpc) is 2.63. The van der Waals surface area contributed by atoms with E-state index in [1.165, 1.54) is 45.2 Å². The molecule has 1 aromatic carbocycles. The number of rotatable bonds is 6. The lowest BCUT2D eigenvalue weighted by atomic mass is 9.87. The first kappa shape index (κ1) is 19.2. The fourth-order valence-corrected chi connectivity index (χ4v) is 6.06. The maximum atomic E-state index is 12.8. The van der Waals surface area contributed by atoms with Crippen LogP contribution < -0.4 is 5.32 Å². The van der Waals surface area contributed by atoms with E-state index in [1.807, 2.05) is 0 Å².